The van der Waals surface area contributed by atoms with Crippen LogP contribution in [0.5, 0.6) is 28.7 Å². The van der Waals surface area contributed by atoms with Crippen LogP contribution in [0.2, 0.25) is 0 Å². The van der Waals surface area contributed by atoms with Gasteiger partial charge in [-0.1, -0.05) is 30.3 Å². The number of methoxy groups -OCH3 is 2. The topological polar surface area (TPSA) is 110 Å². The lowest BCUT2D eigenvalue weighted by Crippen LogP contribution is -2.40. The van der Waals surface area contributed by atoms with Gasteiger partial charge in [0.2, 0.25) is 12.5 Å². The SMILES string of the molecule is COc1cc(C2c3cc4c(cc3CCN2C(=O)c2ccc([N+](=O)[O-])cc2)OCO4)cc(OC)c1OCc1ccccc1. The number of nitrogens with zero attached hydrogens (tertiary/aromatic N) is 2. The Hall–Kier alpha value is -5.25. The Labute approximate surface area is 242 Å². The molecule has 2 heterocycles. The smallest absolute Gasteiger partial charge is 0.269 e. The van der Waals surface area contributed by atoms with Crippen molar-refractivity contribution in [3.05, 3.63) is 117 Å². The van der Waals surface area contributed by atoms with E-state index >= 15 is 0 Å². The first-order valence-corrected chi connectivity index (χ1v) is 13.4. The zero-order valence-corrected chi connectivity index (χ0v) is 23.1. The fourth-order valence-corrected chi connectivity index (χ4v) is 5.41. The first-order valence-electron chi connectivity index (χ1n) is 13.4. The Morgan fingerprint density at radius 3 is 2.26 bits per heavy atom. The number of hydrogen-bond donors (Lipinski definition) is 0. The predicted molar refractivity (Wildman–Crippen MR) is 153 cm³/mol. The number of non-ortho nitro benzene ring substituents is 1. The van der Waals surface area contributed by atoms with E-state index in [2.05, 4.69) is 0 Å². The molecule has 10 heteroatoms. The van der Waals surface area contributed by atoms with E-state index in [0.29, 0.717) is 53.9 Å². The van der Waals surface area contributed by atoms with Crippen molar-refractivity contribution < 1.29 is 33.4 Å². The van der Waals surface area contributed by atoms with Gasteiger partial charge in [-0.3, -0.25) is 14.9 Å². The number of ether oxygens (including phenoxy) is 5. The fraction of sp³-hybridized carbons (Fsp3) is 0.219. The zero-order valence-electron chi connectivity index (χ0n) is 23.1. The Kier molecular flexibility index (Phi) is 7.26. The molecule has 10 nitrogen and oxygen atoms in total. The molecule has 0 spiro atoms. The molecule has 1 atom stereocenters. The van der Waals surface area contributed by atoms with Crippen molar-refractivity contribution in [2.75, 3.05) is 27.6 Å². The van der Waals surface area contributed by atoms with Gasteiger partial charge < -0.3 is 28.6 Å². The first-order chi connectivity index (χ1) is 20.5. The third-order valence-corrected chi connectivity index (χ3v) is 7.47. The van der Waals surface area contributed by atoms with Crippen LogP contribution in [0.1, 0.15) is 38.7 Å². The highest BCUT2D eigenvalue weighted by Crippen LogP contribution is 2.47. The van der Waals surface area contributed by atoms with Crippen LogP contribution in [0.25, 0.3) is 0 Å². The first kappa shape index (κ1) is 26.9. The number of benzene rings is 4. The van der Waals surface area contributed by atoms with Crippen molar-refractivity contribution in [3.8, 4) is 28.7 Å². The van der Waals surface area contributed by atoms with Crippen molar-refractivity contribution >= 4 is 11.6 Å². The fourth-order valence-electron chi connectivity index (χ4n) is 5.41. The van der Waals surface area contributed by atoms with Crippen molar-refractivity contribution in [2.24, 2.45) is 0 Å². The molecule has 4 aromatic rings. The molecule has 42 heavy (non-hydrogen) atoms. The average Bonchev–Trinajstić information content (AvgIpc) is 3.49. The number of carbonyl (C=O) groups excluding carboxylic acids is 1. The van der Waals surface area contributed by atoms with Gasteiger partial charge in [0.1, 0.15) is 6.61 Å². The summed E-state index contributed by atoms with van der Waals surface area (Å²) in [7, 11) is 3.11. The number of hydrogen-bond acceptors (Lipinski definition) is 8. The minimum absolute atomic E-state index is 0.0830. The van der Waals surface area contributed by atoms with Gasteiger partial charge >= 0.3 is 0 Å². The third-order valence-electron chi connectivity index (χ3n) is 7.47. The molecule has 0 aliphatic carbocycles. The van der Waals surface area contributed by atoms with Crippen LogP contribution in [-0.4, -0.2) is 43.3 Å². The summed E-state index contributed by atoms with van der Waals surface area (Å²) in [4.78, 5) is 26.4. The van der Waals surface area contributed by atoms with E-state index in [0.717, 1.165) is 22.3 Å². The Morgan fingerprint density at radius 2 is 1.62 bits per heavy atom. The summed E-state index contributed by atoms with van der Waals surface area (Å²) in [5, 5.41) is 11.2. The standard InChI is InChI=1S/C32H28N2O8/c1-38-28-15-23(16-29(39-2)31(28)40-18-20-6-4-3-5-7-20)30-25-17-27-26(41-19-42-27)14-22(25)12-13-33(30)32(35)21-8-10-24(11-9-21)34(36)37/h3-11,14-17,30H,12-13,18-19H2,1-2H3. The lowest BCUT2D eigenvalue weighted by atomic mass is 9.87. The summed E-state index contributed by atoms with van der Waals surface area (Å²) >= 11 is 0. The largest absolute Gasteiger partial charge is 0.493 e. The summed E-state index contributed by atoms with van der Waals surface area (Å²) in [6, 6.07) is 22.4. The summed E-state index contributed by atoms with van der Waals surface area (Å²) in [6.45, 7) is 0.848. The van der Waals surface area contributed by atoms with E-state index in [1.54, 1.807) is 19.1 Å². The maximum absolute atomic E-state index is 14.0. The number of carbonyl (C=O) groups is 1. The summed E-state index contributed by atoms with van der Waals surface area (Å²) in [5.74, 6) is 2.36. The van der Waals surface area contributed by atoms with Crippen LogP contribution < -0.4 is 23.7 Å². The molecule has 0 radical (unpaired) electrons. The molecule has 0 aromatic heterocycles. The van der Waals surface area contributed by atoms with Gasteiger partial charge in [-0.05, 0) is 65.1 Å². The quantitative estimate of drug-likeness (QED) is 0.197. The van der Waals surface area contributed by atoms with Gasteiger partial charge in [-0.25, -0.2) is 0 Å². The van der Waals surface area contributed by atoms with Crippen molar-refractivity contribution in [2.45, 2.75) is 19.1 Å². The molecular formula is C32H28N2O8. The predicted octanol–water partition coefficient (Wildman–Crippen LogP) is 5.71. The Bertz CT molecular complexity index is 1610. The van der Waals surface area contributed by atoms with Gasteiger partial charge in [0.15, 0.2) is 23.0 Å². The lowest BCUT2D eigenvalue weighted by molar-refractivity contribution is -0.384. The molecular weight excluding hydrogens is 540 g/mol. The van der Waals surface area contributed by atoms with E-state index < -0.39 is 11.0 Å². The molecule has 0 saturated heterocycles. The number of rotatable bonds is 8. The lowest BCUT2D eigenvalue weighted by Gasteiger charge is -2.38. The second kappa shape index (κ2) is 11.3. The van der Waals surface area contributed by atoms with Gasteiger partial charge in [0, 0.05) is 24.2 Å². The van der Waals surface area contributed by atoms with E-state index in [1.165, 1.54) is 24.3 Å². The van der Waals surface area contributed by atoms with E-state index in [4.69, 9.17) is 23.7 Å². The van der Waals surface area contributed by atoms with E-state index in [9.17, 15) is 14.9 Å². The average molecular weight is 569 g/mol. The van der Waals surface area contributed by atoms with Crippen molar-refractivity contribution in [1.29, 1.82) is 0 Å². The van der Waals surface area contributed by atoms with Crippen LogP contribution in [0.4, 0.5) is 5.69 Å². The van der Waals surface area contributed by atoms with E-state index in [1.807, 2.05) is 54.6 Å². The highest BCUT2D eigenvalue weighted by molar-refractivity contribution is 5.95. The summed E-state index contributed by atoms with van der Waals surface area (Å²) < 4.78 is 29.0. The molecule has 1 unspecified atom stereocenters. The molecule has 0 N–H and O–H groups in total. The van der Waals surface area contributed by atoms with Crippen LogP contribution in [0.3, 0.4) is 0 Å². The van der Waals surface area contributed by atoms with E-state index in [-0.39, 0.29) is 18.4 Å². The molecule has 1 amide bonds. The maximum Gasteiger partial charge on any atom is 0.269 e. The number of nitro groups is 1. The normalized spacial score (nSPS) is 15.1. The van der Waals surface area contributed by atoms with Gasteiger partial charge in [-0.2, -0.15) is 0 Å². The molecule has 6 rings (SSSR count). The molecule has 0 fully saturated rings. The van der Waals surface area contributed by atoms with Crippen molar-refractivity contribution in [3.63, 3.8) is 0 Å². The summed E-state index contributed by atoms with van der Waals surface area (Å²) in [5.41, 5.74) is 3.90. The van der Waals surface area contributed by atoms with Crippen LogP contribution in [-0.2, 0) is 13.0 Å². The number of amides is 1. The molecule has 0 bridgehead atoms. The second-order valence-corrected chi connectivity index (χ2v) is 9.89. The molecule has 2 aliphatic rings. The third kappa shape index (κ3) is 5.03. The monoisotopic (exact) mass is 568 g/mol. The highest BCUT2D eigenvalue weighted by Gasteiger charge is 2.36. The number of fused-ring (bicyclic) bond motifs is 2. The van der Waals surface area contributed by atoms with Gasteiger partial charge in [0.25, 0.3) is 11.6 Å². The highest BCUT2D eigenvalue weighted by atomic mass is 16.7. The number of nitro benzene ring substituents is 1. The van der Waals surface area contributed by atoms with Crippen LogP contribution in [0.15, 0.2) is 78.9 Å². The minimum Gasteiger partial charge on any atom is -0.493 e. The molecule has 2 aliphatic heterocycles. The molecule has 4 aromatic carbocycles. The van der Waals surface area contributed by atoms with Crippen molar-refractivity contribution in [1.82, 2.24) is 4.90 Å². The zero-order chi connectivity index (χ0) is 29.2. The molecule has 0 saturated carbocycles. The van der Waals surface area contributed by atoms with Gasteiger partial charge in [0.05, 0.1) is 25.2 Å². The van der Waals surface area contributed by atoms with Crippen LogP contribution >= 0.6 is 0 Å². The Morgan fingerprint density at radius 1 is 0.952 bits per heavy atom. The second-order valence-electron chi connectivity index (χ2n) is 9.89. The van der Waals surface area contributed by atoms with Crippen LogP contribution in [0, 0.1) is 10.1 Å². The Balaban J connectivity index is 1.43. The summed E-state index contributed by atoms with van der Waals surface area (Å²) in [6.07, 6.45) is 0.591. The molecule has 214 valence electrons. The van der Waals surface area contributed by atoms with Gasteiger partial charge in [-0.15, -0.1) is 0 Å². The maximum atomic E-state index is 14.0. The minimum atomic E-state index is -0.545.